The van der Waals surface area contributed by atoms with Gasteiger partial charge >= 0.3 is 11.9 Å². The van der Waals surface area contributed by atoms with Gasteiger partial charge in [0.1, 0.15) is 11.5 Å². The molecule has 31 heavy (non-hydrogen) atoms. The fourth-order valence-corrected chi connectivity index (χ4v) is 2.70. The van der Waals surface area contributed by atoms with Gasteiger partial charge in [-0.3, -0.25) is 21.1 Å². The van der Waals surface area contributed by atoms with E-state index >= 15 is 0 Å². The Morgan fingerprint density at radius 1 is 0.935 bits per heavy atom. The van der Waals surface area contributed by atoms with Crippen LogP contribution in [0, 0.1) is 5.41 Å². The highest BCUT2D eigenvalue weighted by Crippen LogP contribution is 2.20. The number of amidine groups is 1. The predicted octanol–water partition coefficient (Wildman–Crippen LogP) is 3.45. The number of hydrazine groups is 1. The number of fused-ring (bicyclic) bond motifs is 1. The second-order valence-electron chi connectivity index (χ2n) is 5.86. The van der Waals surface area contributed by atoms with Crippen LogP contribution < -0.4 is 10.9 Å². The van der Waals surface area contributed by atoms with Gasteiger partial charge in [-0.25, -0.2) is 9.59 Å². The van der Waals surface area contributed by atoms with Crippen LogP contribution in [-0.4, -0.2) is 38.9 Å². The minimum atomic E-state index is -1.26. The summed E-state index contributed by atoms with van der Waals surface area (Å²) in [4.78, 5) is 34.2. The third-order valence-corrected chi connectivity index (χ3v) is 4.20. The molecular weight excluding hydrogens is 447 g/mol. The minimum absolute atomic E-state index is 0.00288. The fourth-order valence-electron chi connectivity index (χ4n) is 2.29. The first-order valence-electron chi connectivity index (χ1n) is 8.49. The monoisotopic (exact) mass is 462 g/mol. The average molecular weight is 463 g/mol. The third-order valence-electron chi connectivity index (χ3n) is 3.64. The summed E-state index contributed by atoms with van der Waals surface area (Å²) in [6.07, 6.45) is 1.12. The van der Waals surface area contributed by atoms with Crippen molar-refractivity contribution in [1.82, 2.24) is 15.8 Å². The van der Waals surface area contributed by atoms with Crippen LogP contribution in [0.2, 0.25) is 10.0 Å². The summed E-state index contributed by atoms with van der Waals surface area (Å²) in [5.74, 6) is -2.91. The zero-order valence-electron chi connectivity index (χ0n) is 15.6. The van der Waals surface area contributed by atoms with Crippen molar-refractivity contribution >= 4 is 57.8 Å². The van der Waals surface area contributed by atoms with Crippen LogP contribution in [0.25, 0.3) is 10.9 Å². The van der Waals surface area contributed by atoms with Gasteiger partial charge in [-0.2, -0.15) is 0 Å². The molecule has 9 nitrogen and oxygen atoms in total. The van der Waals surface area contributed by atoms with Crippen molar-refractivity contribution in [2.24, 2.45) is 0 Å². The molecule has 0 saturated carbocycles. The van der Waals surface area contributed by atoms with Gasteiger partial charge in [-0.15, -0.1) is 0 Å². The molecule has 0 atom stereocenters. The molecule has 1 amide bonds. The van der Waals surface area contributed by atoms with Crippen molar-refractivity contribution in [1.29, 1.82) is 5.41 Å². The highest BCUT2D eigenvalue weighted by Gasteiger charge is 2.11. The Hall–Kier alpha value is -3.82. The van der Waals surface area contributed by atoms with Crippen molar-refractivity contribution in [3.63, 3.8) is 0 Å². The number of benzene rings is 2. The van der Waals surface area contributed by atoms with Crippen molar-refractivity contribution in [3.05, 3.63) is 82.0 Å². The van der Waals surface area contributed by atoms with Gasteiger partial charge in [0.2, 0.25) is 0 Å². The topological polar surface area (TPSA) is 155 Å². The van der Waals surface area contributed by atoms with E-state index in [-0.39, 0.29) is 5.84 Å². The van der Waals surface area contributed by atoms with Gasteiger partial charge in [-0.05, 0) is 36.4 Å². The first-order chi connectivity index (χ1) is 14.7. The van der Waals surface area contributed by atoms with Gasteiger partial charge in [-0.1, -0.05) is 35.3 Å². The largest absolute Gasteiger partial charge is 0.478 e. The van der Waals surface area contributed by atoms with Crippen LogP contribution in [0.15, 0.2) is 60.7 Å². The minimum Gasteiger partial charge on any atom is -0.478 e. The zero-order valence-corrected chi connectivity index (χ0v) is 17.2. The Morgan fingerprint density at radius 2 is 1.58 bits per heavy atom. The highest BCUT2D eigenvalue weighted by molar-refractivity contribution is 6.34. The van der Waals surface area contributed by atoms with Gasteiger partial charge in [0.25, 0.3) is 5.91 Å². The normalized spacial score (nSPS) is 10.3. The van der Waals surface area contributed by atoms with Gasteiger partial charge in [0.05, 0.1) is 5.02 Å². The molecule has 0 aliphatic heterocycles. The summed E-state index contributed by atoms with van der Waals surface area (Å²) in [5, 5.41) is 25.4. The number of hydrogen-bond donors (Lipinski definition) is 6. The first kappa shape index (κ1) is 23.5. The Bertz CT molecular complexity index is 1160. The number of carboxylic acids is 2. The van der Waals surface area contributed by atoms with Crippen LogP contribution in [-0.2, 0) is 9.59 Å². The molecule has 0 saturated heterocycles. The first-order valence-corrected chi connectivity index (χ1v) is 9.25. The number of carboxylic acid groups (broad SMARTS) is 2. The van der Waals surface area contributed by atoms with Crippen LogP contribution >= 0.6 is 23.2 Å². The molecule has 3 rings (SSSR count). The van der Waals surface area contributed by atoms with E-state index in [9.17, 15) is 14.4 Å². The van der Waals surface area contributed by atoms with E-state index in [0.29, 0.717) is 33.5 Å². The molecule has 3 aromatic rings. The summed E-state index contributed by atoms with van der Waals surface area (Å²) in [6.45, 7) is 0. The van der Waals surface area contributed by atoms with Gasteiger partial charge in [0.15, 0.2) is 0 Å². The molecule has 0 radical (unpaired) electrons. The number of aromatic amines is 1. The van der Waals surface area contributed by atoms with Crippen molar-refractivity contribution in [2.75, 3.05) is 0 Å². The predicted molar refractivity (Wildman–Crippen MR) is 117 cm³/mol. The Labute approximate surface area is 185 Å². The molecule has 0 unspecified atom stereocenters. The molecule has 0 aliphatic carbocycles. The molecule has 0 spiro atoms. The van der Waals surface area contributed by atoms with Crippen molar-refractivity contribution in [3.8, 4) is 0 Å². The summed E-state index contributed by atoms with van der Waals surface area (Å²) in [6, 6.07) is 13.9. The summed E-state index contributed by atoms with van der Waals surface area (Å²) >= 11 is 11.9. The molecule has 0 fully saturated rings. The van der Waals surface area contributed by atoms with Gasteiger partial charge < -0.3 is 15.2 Å². The smallest absolute Gasteiger partial charge is 0.328 e. The van der Waals surface area contributed by atoms with Gasteiger partial charge in [0, 0.05) is 33.6 Å². The third kappa shape index (κ3) is 7.18. The molecular formula is C20H16Cl2N4O5. The van der Waals surface area contributed by atoms with Crippen LogP contribution in [0.4, 0.5) is 0 Å². The van der Waals surface area contributed by atoms with E-state index in [2.05, 4.69) is 15.8 Å². The van der Waals surface area contributed by atoms with Crippen LogP contribution in [0.1, 0.15) is 16.1 Å². The Morgan fingerprint density at radius 3 is 2.19 bits per heavy atom. The molecule has 0 bridgehead atoms. The number of carbonyl (C=O) groups is 3. The summed E-state index contributed by atoms with van der Waals surface area (Å²) < 4.78 is 0. The number of nitrogens with one attached hydrogen (secondary N) is 4. The van der Waals surface area contributed by atoms with Crippen LogP contribution in [0.3, 0.4) is 0 Å². The SMILES string of the molecule is N=C(NNC(=O)c1cc2cc(Cl)ccc2[nH]1)c1ccccc1Cl.O=C(O)/C=C/C(=O)O. The lowest BCUT2D eigenvalue weighted by atomic mass is 10.2. The molecule has 1 heterocycles. The van der Waals surface area contributed by atoms with E-state index in [0.717, 1.165) is 10.9 Å². The Balaban J connectivity index is 0.000000366. The lowest BCUT2D eigenvalue weighted by molar-refractivity contribution is -0.134. The zero-order chi connectivity index (χ0) is 23.0. The van der Waals surface area contributed by atoms with E-state index in [1.807, 2.05) is 0 Å². The fraction of sp³-hybridized carbons (Fsp3) is 0. The number of halogens is 2. The Kier molecular flexibility index (Phi) is 8.18. The number of H-pyrrole nitrogens is 1. The lowest BCUT2D eigenvalue weighted by Gasteiger charge is -2.10. The van der Waals surface area contributed by atoms with Crippen molar-refractivity contribution in [2.45, 2.75) is 0 Å². The second kappa shape index (κ2) is 10.8. The number of rotatable bonds is 4. The lowest BCUT2D eigenvalue weighted by Crippen LogP contribution is -2.41. The van der Waals surface area contributed by atoms with Crippen LogP contribution in [0.5, 0.6) is 0 Å². The average Bonchev–Trinajstić information content (AvgIpc) is 3.14. The van der Waals surface area contributed by atoms with E-state index < -0.39 is 17.8 Å². The maximum Gasteiger partial charge on any atom is 0.328 e. The second-order valence-corrected chi connectivity index (χ2v) is 6.70. The maximum absolute atomic E-state index is 12.2. The quantitative estimate of drug-likeness (QED) is 0.151. The number of aromatic nitrogens is 1. The summed E-state index contributed by atoms with van der Waals surface area (Å²) in [7, 11) is 0. The number of aliphatic carboxylic acids is 2. The maximum atomic E-state index is 12.2. The number of hydrogen-bond acceptors (Lipinski definition) is 4. The van der Waals surface area contributed by atoms with E-state index in [1.54, 1.807) is 48.5 Å². The molecule has 6 N–H and O–H groups in total. The summed E-state index contributed by atoms with van der Waals surface area (Å²) in [5.41, 5.74) is 6.68. The molecule has 1 aromatic heterocycles. The standard InChI is InChI=1S/C16H12Cl2N4O.C4H4O4/c17-10-5-6-13-9(7-10)8-14(20-13)16(23)22-21-15(19)11-3-1-2-4-12(11)18;5-3(6)1-2-4(7)8/h1-8,20H,(H2,19,21)(H,22,23);1-2H,(H,5,6)(H,7,8)/b;2-1+. The van der Waals surface area contributed by atoms with E-state index in [1.165, 1.54) is 0 Å². The molecule has 11 heteroatoms. The number of carbonyl (C=O) groups excluding carboxylic acids is 1. The van der Waals surface area contributed by atoms with E-state index in [4.69, 9.17) is 38.8 Å². The molecule has 0 aliphatic rings. The highest BCUT2D eigenvalue weighted by atomic mass is 35.5. The number of amides is 1. The molecule has 160 valence electrons. The van der Waals surface area contributed by atoms with Crippen molar-refractivity contribution < 1.29 is 24.6 Å². The molecule has 2 aromatic carbocycles.